The van der Waals surface area contributed by atoms with Crippen molar-refractivity contribution in [3.05, 3.63) is 11.8 Å². The van der Waals surface area contributed by atoms with Crippen molar-refractivity contribution < 1.29 is 23.5 Å². The van der Waals surface area contributed by atoms with Gasteiger partial charge in [0.05, 0.1) is 43.0 Å². The molecule has 0 N–H and O–H groups in total. The molecule has 5 aliphatic rings. The van der Waals surface area contributed by atoms with E-state index in [2.05, 4.69) is 34.6 Å². The molecule has 0 bridgehead atoms. The number of ketones is 1. The molecule has 0 radical (unpaired) electrons. The number of alkyl halides is 1. The van der Waals surface area contributed by atoms with Crippen LogP contribution >= 0.6 is 0 Å². The molecule has 2 saturated heterocycles. The van der Waals surface area contributed by atoms with Crippen LogP contribution < -0.4 is 0 Å². The zero-order valence-electron chi connectivity index (χ0n) is 20.9. The van der Waals surface area contributed by atoms with E-state index in [4.69, 9.17) is 9.47 Å². The molecule has 0 aromatic heterocycles. The topological polar surface area (TPSA) is 86.1 Å². The number of esters is 1. The molecular formula is C26H37FN4O4. The highest BCUT2D eigenvalue weighted by Gasteiger charge is 2.60. The summed E-state index contributed by atoms with van der Waals surface area (Å²) in [6, 6.07) is 1.98. The summed E-state index contributed by atoms with van der Waals surface area (Å²) in [6.45, 7) is 9.53. The Morgan fingerprint density at radius 2 is 1.97 bits per heavy atom. The second-order valence-electron chi connectivity index (χ2n) is 10.9. The molecule has 0 aromatic carbocycles. The number of rotatable bonds is 4. The maximum atomic E-state index is 16.0. The molecule has 5 rings (SSSR count). The van der Waals surface area contributed by atoms with Crippen LogP contribution in [0.1, 0.15) is 46.5 Å². The number of nitriles is 1. The summed E-state index contributed by atoms with van der Waals surface area (Å²) in [6.07, 6.45) is 1.98. The monoisotopic (exact) mass is 488 g/mol. The van der Waals surface area contributed by atoms with Gasteiger partial charge in [0.1, 0.15) is 11.7 Å². The molecule has 192 valence electrons. The van der Waals surface area contributed by atoms with Gasteiger partial charge in [0.25, 0.3) is 0 Å². The maximum absolute atomic E-state index is 16.0. The molecule has 4 fully saturated rings. The first kappa shape index (κ1) is 24.7. The SMILES string of the molecule is CCOC(=O)C1=CN2C3CC(C#N)CCC3OC3C(N4CCN(C(C)C)CC4)C(F)CC(C1=O)C32. The lowest BCUT2D eigenvalue weighted by molar-refractivity contribution is -0.215. The van der Waals surface area contributed by atoms with Gasteiger partial charge >= 0.3 is 5.97 Å². The Balaban J connectivity index is 1.49. The van der Waals surface area contributed by atoms with Crippen molar-refractivity contribution in [3.8, 4) is 6.07 Å². The van der Waals surface area contributed by atoms with E-state index in [1.165, 1.54) is 0 Å². The number of carbonyl (C=O) groups excluding carboxylic acids is 2. The van der Waals surface area contributed by atoms with Crippen LogP contribution in [0, 0.1) is 23.2 Å². The summed E-state index contributed by atoms with van der Waals surface area (Å²) in [5.41, 5.74) is 0.00257. The van der Waals surface area contributed by atoms with Gasteiger partial charge in [-0.1, -0.05) is 0 Å². The van der Waals surface area contributed by atoms with Crippen LogP contribution in [0.2, 0.25) is 0 Å². The third-order valence-corrected chi connectivity index (χ3v) is 8.81. The van der Waals surface area contributed by atoms with Gasteiger partial charge in [0, 0.05) is 50.3 Å². The van der Waals surface area contributed by atoms with Crippen LogP contribution in [0.4, 0.5) is 4.39 Å². The van der Waals surface area contributed by atoms with Crippen molar-refractivity contribution in [1.29, 1.82) is 5.26 Å². The molecular weight excluding hydrogens is 451 g/mol. The van der Waals surface area contributed by atoms with E-state index < -0.39 is 30.2 Å². The van der Waals surface area contributed by atoms with Crippen molar-refractivity contribution in [1.82, 2.24) is 14.7 Å². The third kappa shape index (κ3) is 4.28. The fraction of sp³-hybridized carbons (Fsp3) is 0.808. The van der Waals surface area contributed by atoms with Crippen LogP contribution in [0.5, 0.6) is 0 Å². The van der Waals surface area contributed by atoms with Gasteiger partial charge in [-0.05, 0) is 46.5 Å². The van der Waals surface area contributed by atoms with Gasteiger partial charge < -0.3 is 14.4 Å². The van der Waals surface area contributed by atoms with Gasteiger partial charge in [0.2, 0.25) is 0 Å². The average molecular weight is 489 g/mol. The maximum Gasteiger partial charge on any atom is 0.343 e. The summed E-state index contributed by atoms with van der Waals surface area (Å²) in [5.74, 6) is -1.74. The van der Waals surface area contributed by atoms with Gasteiger partial charge in [0.15, 0.2) is 5.78 Å². The molecule has 2 saturated carbocycles. The van der Waals surface area contributed by atoms with Gasteiger partial charge in [-0.3, -0.25) is 14.6 Å². The quantitative estimate of drug-likeness (QED) is 0.438. The lowest BCUT2D eigenvalue weighted by Gasteiger charge is -2.61. The minimum atomic E-state index is -1.22. The summed E-state index contributed by atoms with van der Waals surface area (Å²) in [7, 11) is 0. The molecule has 8 nitrogen and oxygen atoms in total. The van der Waals surface area contributed by atoms with Gasteiger partial charge in [-0.2, -0.15) is 5.26 Å². The molecule has 0 aromatic rings. The van der Waals surface area contributed by atoms with Crippen molar-refractivity contribution >= 4 is 11.8 Å². The first-order valence-electron chi connectivity index (χ1n) is 13.2. The predicted molar refractivity (Wildman–Crippen MR) is 126 cm³/mol. The number of hydrogen-bond donors (Lipinski definition) is 0. The van der Waals surface area contributed by atoms with E-state index in [0.29, 0.717) is 18.9 Å². The third-order valence-electron chi connectivity index (χ3n) is 8.81. The smallest absolute Gasteiger partial charge is 0.343 e. The number of piperazine rings is 1. The Kier molecular flexibility index (Phi) is 6.90. The number of fused-ring (bicyclic) bond motifs is 2. The lowest BCUT2D eigenvalue weighted by Crippen LogP contribution is -2.74. The number of hydrogen-bond acceptors (Lipinski definition) is 8. The van der Waals surface area contributed by atoms with E-state index in [1.54, 1.807) is 13.1 Å². The minimum absolute atomic E-state index is 0.00257. The molecule has 0 spiro atoms. The zero-order valence-corrected chi connectivity index (χ0v) is 20.9. The molecule has 0 amide bonds. The molecule has 8 unspecified atom stereocenters. The second-order valence-corrected chi connectivity index (χ2v) is 10.9. The van der Waals surface area contributed by atoms with Crippen LogP contribution in [0.15, 0.2) is 11.8 Å². The Hall–Kier alpha value is -2.02. The van der Waals surface area contributed by atoms with E-state index in [-0.39, 0.29) is 48.5 Å². The van der Waals surface area contributed by atoms with Crippen molar-refractivity contribution in [3.63, 3.8) is 0 Å². The highest BCUT2D eigenvalue weighted by molar-refractivity contribution is 6.18. The first-order chi connectivity index (χ1) is 16.8. The lowest BCUT2D eigenvalue weighted by atomic mass is 9.69. The van der Waals surface area contributed by atoms with Crippen LogP contribution in [-0.2, 0) is 19.1 Å². The first-order valence-corrected chi connectivity index (χ1v) is 13.2. The number of Topliss-reactive ketones (excluding diaryl/α,β-unsaturated/α-hetero) is 1. The van der Waals surface area contributed by atoms with Gasteiger partial charge in [-0.15, -0.1) is 0 Å². The fourth-order valence-corrected chi connectivity index (χ4v) is 7.04. The minimum Gasteiger partial charge on any atom is -0.462 e. The number of halogens is 1. The average Bonchev–Trinajstić information content (AvgIpc) is 2.85. The zero-order chi connectivity index (χ0) is 24.9. The Bertz CT molecular complexity index is 912. The van der Waals surface area contributed by atoms with E-state index in [0.717, 1.165) is 32.6 Å². The molecule has 9 heteroatoms. The number of ether oxygens (including phenoxy) is 2. The summed E-state index contributed by atoms with van der Waals surface area (Å²) >= 11 is 0. The molecule has 8 atom stereocenters. The molecule has 3 heterocycles. The predicted octanol–water partition coefficient (Wildman–Crippen LogP) is 1.90. The fourth-order valence-electron chi connectivity index (χ4n) is 7.04. The van der Waals surface area contributed by atoms with Crippen molar-refractivity contribution in [2.75, 3.05) is 32.8 Å². The van der Waals surface area contributed by atoms with E-state index in [1.807, 2.05) is 0 Å². The number of morpholine rings is 1. The van der Waals surface area contributed by atoms with Crippen LogP contribution in [-0.4, -0.2) is 102 Å². The van der Waals surface area contributed by atoms with Crippen molar-refractivity contribution in [2.24, 2.45) is 11.8 Å². The summed E-state index contributed by atoms with van der Waals surface area (Å²) in [5, 5.41) is 9.59. The Labute approximate surface area is 207 Å². The highest BCUT2D eigenvalue weighted by atomic mass is 19.1. The highest BCUT2D eigenvalue weighted by Crippen LogP contribution is 2.47. The second kappa shape index (κ2) is 9.79. The van der Waals surface area contributed by atoms with E-state index in [9.17, 15) is 14.9 Å². The Morgan fingerprint density at radius 1 is 1.23 bits per heavy atom. The normalized spacial score (nSPS) is 39.9. The standard InChI is InChI=1S/C26H37FN4O4/c1-4-34-26(33)18-14-31-20-11-16(13-28)5-6-21(20)35-25-22(31)17(24(18)32)12-19(27)23(25)30-9-7-29(8-10-30)15(2)3/h14-17,19-23,25H,4-12H2,1-3H3. The Morgan fingerprint density at radius 3 is 2.63 bits per heavy atom. The van der Waals surface area contributed by atoms with Crippen molar-refractivity contribution in [2.45, 2.75) is 89.0 Å². The summed E-state index contributed by atoms with van der Waals surface area (Å²) < 4.78 is 27.8. The molecule has 35 heavy (non-hydrogen) atoms. The summed E-state index contributed by atoms with van der Waals surface area (Å²) in [4.78, 5) is 32.8. The van der Waals surface area contributed by atoms with Gasteiger partial charge in [-0.25, -0.2) is 9.18 Å². The molecule has 3 aliphatic heterocycles. The van der Waals surface area contributed by atoms with Crippen LogP contribution in [0.25, 0.3) is 0 Å². The van der Waals surface area contributed by atoms with Crippen LogP contribution in [0.3, 0.4) is 0 Å². The number of carbonyl (C=O) groups is 2. The number of nitrogens with zero attached hydrogens (tertiary/aromatic N) is 4. The van der Waals surface area contributed by atoms with E-state index >= 15 is 4.39 Å². The molecule has 2 aliphatic carbocycles. The largest absolute Gasteiger partial charge is 0.462 e.